The third-order valence-electron chi connectivity index (χ3n) is 3.79. The van der Waals surface area contributed by atoms with Crippen LogP contribution in [-0.2, 0) is 11.2 Å². The lowest BCUT2D eigenvalue weighted by Gasteiger charge is -2.07. The van der Waals surface area contributed by atoms with Crippen LogP contribution < -0.4 is 5.32 Å². The van der Waals surface area contributed by atoms with Gasteiger partial charge < -0.3 is 9.73 Å². The molecule has 0 saturated carbocycles. The number of nitrogens with one attached hydrogen (secondary N) is 1. The smallest absolute Gasteiger partial charge is 0.228 e. The van der Waals surface area contributed by atoms with Gasteiger partial charge in [0, 0.05) is 21.7 Å². The Kier molecular flexibility index (Phi) is 4.14. The molecule has 1 heterocycles. The van der Waals surface area contributed by atoms with E-state index in [-0.39, 0.29) is 12.3 Å². The van der Waals surface area contributed by atoms with Gasteiger partial charge in [0.2, 0.25) is 5.91 Å². The summed E-state index contributed by atoms with van der Waals surface area (Å²) in [4.78, 5) is 12.3. The minimum absolute atomic E-state index is 0.0746. The number of fused-ring (bicyclic) bond motifs is 1. The molecular formula is C19H18ClNO2. The van der Waals surface area contributed by atoms with Gasteiger partial charge in [-0.15, -0.1) is 0 Å². The Balaban J connectivity index is 1.81. The summed E-state index contributed by atoms with van der Waals surface area (Å²) in [6.45, 7) is 5.95. The monoisotopic (exact) mass is 327 g/mol. The maximum atomic E-state index is 12.3. The summed E-state index contributed by atoms with van der Waals surface area (Å²) < 4.78 is 5.54. The first-order chi connectivity index (χ1) is 10.9. The van der Waals surface area contributed by atoms with Gasteiger partial charge in [0.1, 0.15) is 5.58 Å². The Morgan fingerprint density at radius 2 is 1.78 bits per heavy atom. The summed E-state index contributed by atoms with van der Waals surface area (Å²) in [6, 6.07) is 9.74. The van der Waals surface area contributed by atoms with Gasteiger partial charge >= 0.3 is 0 Å². The van der Waals surface area contributed by atoms with Crippen LogP contribution in [0.3, 0.4) is 0 Å². The minimum atomic E-state index is -0.0746. The number of rotatable bonds is 3. The molecule has 4 heteroatoms. The lowest BCUT2D eigenvalue weighted by Crippen LogP contribution is -2.14. The Morgan fingerprint density at radius 3 is 2.48 bits per heavy atom. The topological polar surface area (TPSA) is 42.2 Å². The number of halogens is 1. The fourth-order valence-corrected chi connectivity index (χ4v) is 2.93. The van der Waals surface area contributed by atoms with E-state index in [1.807, 2.05) is 45.0 Å². The summed E-state index contributed by atoms with van der Waals surface area (Å²) >= 11 is 6.18. The van der Waals surface area contributed by atoms with Gasteiger partial charge in [-0.2, -0.15) is 0 Å². The number of hydrogen-bond acceptors (Lipinski definition) is 2. The van der Waals surface area contributed by atoms with E-state index in [1.54, 1.807) is 6.26 Å². The molecule has 3 nitrogen and oxygen atoms in total. The van der Waals surface area contributed by atoms with Crippen molar-refractivity contribution in [2.24, 2.45) is 0 Å². The third kappa shape index (κ3) is 3.40. The number of carbonyl (C=O) groups is 1. The second-order valence-electron chi connectivity index (χ2n) is 5.96. The van der Waals surface area contributed by atoms with Gasteiger partial charge in [0.25, 0.3) is 0 Å². The van der Waals surface area contributed by atoms with Crippen molar-refractivity contribution >= 4 is 34.2 Å². The normalized spacial score (nSPS) is 11.0. The van der Waals surface area contributed by atoms with Crippen LogP contribution in [-0.4, -0.2) is 5.91 Å². The summed E-state index contributed by atoms with van der Waals surface area (Å²) in [5.74, 6) is -0.0746. The van der Waals surface area contributed by atoms with Gasteiger partial charge in [-0.25, -0.2) is 0 Å². The maximum Gasteiger partial charge on any atom is 0.228 e. The highest BCUT2D eigenvalue weighted by Gasteiger charge is 2.12. The SMILES string of the molecule is Cc1cc(C)cc(NC(=O)Cc2coc3cc(C)c(Cl)cc23)c1. The average Bonchev–Trinajstić information content (AvgIpc) is 2.80. The predicted octanol–water partition coefficient (Wildman–Crippen LogP) is 5.19. The van der Waals surface area contributed by atoms with Crippen LogP contribution in [0.25, 0.3) is 11.0 Å². The fourth-order valence-electron chi connectivity index (χ4n) is 2.76. The Labute approximate surface area is 140 Å². The maximum absolute atomic E-state index is 12.3. The van der Waals surface area contributed by atoms with E-state index in [9.17, 15) is 4.79 Å². The Morgan fingerprint density at radius 1 is 1.09 bits per heavy atom. The highest BCUT2D eigenvalue weighted by atomic mass is 35.5. The molecular weight excluding hydrogens is 310 g/mol. The molecule has 0 saturated heterocycles. The molecule has 118 valence electrons. The standard InChI is InChI=1S/C19H18ClNO2/c1-11-4-12(2)6-15(5-11)21-19(22)8-14-10-23-18-7-13(3)17(20)9-16(14)18/h4-7,9-10H,8H2,1-3H3,(H,21,22). The van der Waals surface area contributed by atoms with Gasteiger partial charge in [-0.1, -0.05) is 17.7 Å². The molecule has 0 unspecified atom stereocenters. The first-order valence-electron chi connectivity index (χ1n) is 7.47. The van der Waals surface area contributed by atoms with Crippen LogP contribution in [0, 0.1) is 20.8 Å². The largest absolute Gasteiger partial charge is 0.464 e. The first-order valence-corrected chi connectivity index (χ1v) is 7.84. The number of anilines is 1. The number of benzene rings is 2. The number of amides is 1. The second kappa shape index (κ2) is 6.09. The first kappa shape index (κ1) is 15.6. The number of aryl methyl sites for hydroxylation is 3. The van der Waals surface area contributed by atoms with Gasteiger partial charge in [-0.3, -0.25) is 4.79 Å². The molecule has 0 bridgehead atoms. The van der Waals surface area contributed by atoms with E-state index in [2.05, 4.69) is 11.4 Å². The molecule has 1 N–H and O–H groups in total. The zero-order valence-electron chi connectivity index (χ0n) is 13.4. The summed E-state index contributed by atoms with van der Waals surface area (Å²) in [7, 11) is 0. The lowest BCUT2D eigenvalue weighted by atomic mass is 10.1. The minimum Gasteiger partial charge on any atom is -0.464 e. The van der Waals surface area contributed by atoms with Crippen molar-refractivity contribution in [2.75, 3.05) is 5.32 Å². The van der Waals surface area contributed by atoms with Crippen molar-refractivity contribution in [2.45, 2.75) is 27.2 Å². The van der Waals surface area contributed by atoms with E-state index in [1.165, 1.54) is 0 Å². The fraction of sp³-hybridized carbons (Fsp3) is 0.211. The molecule has 23 heavy (non-hydrogen) atoms. The van der Waals surface area contributed by atoms with Crippen LogP contribution >= 0.6 is 11.6 Å². The second-order valence-corrected chi connectivity index (χ2v) is 6.37. The number of furan rings is 1. The third-order valence-corrected chi connectivity index (χ3v) is 4.20. The lowest BCUT2D eigenvalue weighted by molar-refractivity contribution is -0.115. The van der Waals surface area contributed by atoms with E-state index < -0.39 is 0 Å². The molecule has 0 radical (unpaired) electrons. The van der Waals surface area contributed by atoms with Gasteiger partial charge in [0.15, 0.2) is 0 Å². The molecule has 3 aromatic rings. The molecule has 1 aromatic heterocycles. The van der Waals surface area contributed by atoms with Gasteiger partial charge in [0.05, 0.1) is 12.7 Å². The van der Waals surface area contributed by atoms with Crippen molar-refractivity contribution in [3.63, 3.8) is 0 Å². The molecule has 0 aliphatic rings. The van der Waals surface area contributed by atoms with E-state index >= 15 is 0 Å². The van der Waals surface area contributed by atoms with Gasteiger partial charge in [-0.05, 0) is 61.7 Å². The van der Waals surface area contributed by atoms with Crippen molar-refractivity contribution in [3.05, 3.63) is 63.9 Å². The van der Waals surface area contributed by atoms with Crippen molar-refractivity contribution < 1.29 is 9.21 Å². The Hall–Kier alpha value is -2.26. The van der Waals surface area contributed by atoms with Crippen LogP contribution in [0.2, 0.25) is 5.02 Å². The summed E-state index contributed by atoms with van der Waals surface area (Å²) in [5.41, 5.74) is 5.60. The van der Waals surface area contributed by atoms with Crippen LogP contribution in [0.5, 0.6) is 0 Å². The van der Waals surface area contributed by atoms with Crippen LogP contribution in [0.1, 0.15) is 22.3 Å². The molecule has 0 atom stereocenters. The summed E-state index contributed by atoms with van der Waals surface area (Å²) in [6.07, 6.45) is 1.88. The molecule has 2 aromatic carbocycles. The van der Waals surface area contributed by atoms with Crippen molar-refractivity contribution in [1.29, 1.82) is 0 Å². The predicted molar refractivity (Wildman–Crippen MR) is 94.2 cm³/mol. The Bertz CT molecular complexity index is 876. The zero-order valence-corrected chi connectivity index (χ0v) is 14.1. The van der Waals surface area contributed by atoms with Crippen LogP contribution in [0.4, 0.5) is 5.69 Å². The van der Waals surface area contributed by atoms with Crippen molar-refractivity contribution in [3.8, 4) is 0 Å². The highest BCUT2D eigenvalue weighted by molar-refractivity contribution is 6.32. The van der Waals surface area contributed by atoms with E-state index in [0.29, 0.717) is 5.02 Å². The number of hydrogen-bond donors (Lipinski definition) is 1. The zero-order chi connectivity index (χ0) is 16.6. The molecule has 0 aliphatic heterocycles. The van der Waals surface area contributed by atoms with Crippen LogP contribution in [0.15, 0.2) is 41.0 Å². The molecule has 0 spiro atoms. The van der Waals surface area contributed by atoms with E-state index in [4.69, 9.17) is 16.0 Å². The highest BCUT2D eigenvalue weighted by Crippen LogP contribution is 2.28. The number of carbonyl (C=O) groups excluding carboxylic acids is 1. The molecule has 0 aliphatic carbocycles. The molecule has 3 rings (SSSR count). The molecule has 0 fully saturated rings. The average molecular weight is 328 g/mol. The summed E-state index contributed by atoms with van der Waals surface area (Å²) in [5, 5.41) is 4.50. The van der Waals surface area contributed by atoms with Crippen molar-refractivity contribution in [1.82, 2.24) is 0 Å². The quantitative estimate of drug-likeness (QED) is 0.719. The molecule has 1 amide bonds. The van der Waals surface area contributed by atoms with E-state index in [0.717, 1.165) is 38.9 Å².